The number of hydrogen-bond acceptors (Lipinski definition) is 17. The molecule has 0 radical (unpaired) electrons. The van der Waals surface area contributed by atoms with Crippen molar-refractivity contribution in [2.75, 3.05) is 18.1 Å². The van der Waals surface area contributed by atoms with Crippen LogP contribution in [0.4, 0.5) is 5.82 Å². The van der Waals surface area contributed by atoms with Crippen molar-refractivity contribution in [2.24, 2.45) is 0 Å². The number of rotatable bonds is 12. The molecule has 3 rings (SSSR count). The first kappa shape index (κ1) is 45.3. The van der Waals surface area contributed by atoms with Gasteiger partial charge in [-0.05, 0) is 6.42 Å². The van der Waals surface area contributed by atoms with Crippen LogP contribution >= 0.6 is 35.6 Å². The first-order valence-corrected chi connectivity index (χ1v) is 15.4. The minimum absolute atomic E-state index is 0. The molecule has 40 heavy (non-hydrogen) atoms. The number of imidazole rings is 1. The molecule has 0 aromatic carbocycles. The van der Waals surface area contributed by atoms with E-state index in [-0.39, 0.29) is 135 Å². The molecule has 204 valence electrons. The third-order valence-electron chi connectivity index (χ3n) is 4.57. The molecule has 2 aromatic heterocycles. The zero-order chi connectivity index (χ0) is 26.9. The zero-order valence-electron chi connectivity index (χ0n) is 22.3. The molecule has 0 spiro atoms. The van der Waals surface area contributed by atoms with Gasteiger partial charge in [0.25, 0.3) is 0 Å². The molecule has 0 bridgehead atoms. The zero-order valence-corrected chi connectivity index (χ0v) is 33.8. The average Bonchev–Trinajstić information content (AvgIpc) is 3.26. The van der Waals surface area contributed by atoms with Crippen LogP contribution in [0, 0.1) is 0 Å². The number of aliphatic hydroxyl groups excluding tert-OH is 2. The Morgan fingerprint density at radius 3 is 2.38 bits per heavy atom. The van der Waals surface area contributed by atoms with Crippen molar-refractivity contribution in [1.29, 1.82) is 0 Å². The summed E-state index contributed by atoms with van der Waals surface area (Å²) in [7, 11) is -17.8. The summed E-state index contributed by atoms with van der Waals surface area (Å²) in [5, 5.41) is 21.1. The van der Waals surface area contributed by atoms with Gasteiger partial charge in [-0.2, -0.15) is 4.31 Å². The molecule has 2 aromatic rings. The summed E-state index contributed by atoms with van der Waals surface area (Å²) in [4.78, 5) is 64.6. The van der Waals surface area contributed by atoms with Gasteiger partial charge in [0.2, 0.25) is 0 Å². The van der Waals surface area contributed by atoms with Crippen molar-refractivity contribution in [1.82, 2.24) is 19.5 Å². The fourth-order valence-corrected chi connectivity index (χ4v) is 6.86. The molecular formula is C14H21N5Na4O13P3S+. The minimum Gasteiger partial charge on any atom is -0.753 e. The minimum atomic E-state index is -6.12. The van der Waals surface area contributed by atoms with Crippen LogP contribution in [0.2, 0.25) is 0 Å². The van der Waals surface area contributed by atoms with Gasteiger partial charge in [-0.25, -0.2) is 23.8 Å². The second-order valence-electron chi connectivity index (χ2n) is 7.29. The van der Waals surface area contributed by atoms with E-state index in [9.17, 15) is 43.8 Å². The molecule has 1 fully saturated rings. The summed E-state index contributed by atoms with van der Waals surface area (Å²) >= 11 is 1.34. The molecule has 1 saturated heterocycles. The maximum Gasteiger partial charge on any atom is 1.00 e. The van der Waals surface area contributed by atoms with Crippen molar-refractivity contribution < 1.29 is 180 Å². The number of aromatic nitrogens is 4. The number of ether oxygens (including phenoxy) is 1. The fourth-order valence-electron chi connectivity index (χ4n) is 3.03. The Morgan fingerprint density at radius 2 is 1.80 bits per heavy atom. The van der Waals surface area contributed by atoms with Crippen LogP contribution in [0.3, 0.4) is 0 Å². The molecule has 5 N–H and O–H groups in total. The van der Waals surface area contributed by atoms with E-state index in [1.54, 1.807) is 0 Å². The van der Waals surface area contributed by atoms with E-state index in [1.807, 2.05) is 6.92 Å². The van der Waals surface area contributed by atoms with E-state index in [4.69, 9.17) is 10.5 Å². The summed E-state index contributed by atoms with van der Waals surface area (Å²) < 4.78 is 41.0. The largest absolute Gasteiger partial charge is 1.00 e. The summed E-state index contributed by atoms with van der Waals surface area (Å²) in [6.45, 7) is 1.00. The van der Waals surface area contributed by atoms with Gasteiger partial charge in [0.05, 0.1) is 12.9 Å². The van der Waals surface area contributed by atoms with Gasteiger partial charge in [0.1, 0.15) is 23.8 Å². The van der Waals surface area contributed by atoms with E-state index >= 15 is 0 Å². The van der Waals surface area contributed by atoms with Crippen molar-refractivity contribution in [3.05, 3.63) is 6.33 Å². The maximum atomic E-state index is 11.8. The molecule has 0 amide bonds. The Bertz CT molecular complexity index is 1180. The number of aliphatic hydroxyl groups is 2. The number of nitrogen functional groups attached to an aromatic ring is 1. The summed E-state index contributed by atoms with van der Waals surface area (Å²) in [5.41, 5.74) is 6.30. The van der Waals surface area contributed by atoms with E-state index in [0.717, 1.165) is 18.6 Å². The molecular weight excluding hydrogens is 663 g/mol. The van der Waals surface area contributed by atoms with Crippen molar-refractivity contribution in [2.45, 2.75) is 49.5 Å². The van der Waals surface area contributed by atoms with Crippen LogP contribution in [-0.2, 0) is 27.0 Å². The maximum absolute atomic E-state index is 11.8. The smallest absolute Gasteiger partial charge is 0.753 e. The summed E-state index contributed by atoms with van der Waals surface area (Å²) in [5.74, 6) is 0.788. The number of hydrogen-bond donors (Lipinski definition) is 4. The van der Waals surface area contributed by atoms with Gasteiger partial charge < -0.3 is 45.2 Å². The number of nitrogens with two attached hydrogens (primary N) is 1. The van der Waals surface area contributed by atoms with Gasteiger partial charge in [-0.15, -0.1) is 0 Å². The average molecular weight is 684 g/mol. The SMILES string of the molecule is CCCCSc1nc(N)c2ncn(C3OC(COP(=O)(O)OP(=O)([O-])O[P+]([O-])([O-])[O-])C(O)C3O)c2n1.[Na+].[Na+].[Na+].[Na+]. The predicted molar refractivity (Wildman–Crippen MR) is 114 cm³/mol. The van der Waals surface area contributed by atoms with Crippen molar-refractivity contribution in [3.8, 4) is 0 Å². The Morgan fingerprint density at radius 1 is 1.18 bits per heavy atom. The van der Waals surface area contributed by atoms with Gasteiger partial charge in [0, 0.05) is 13.9 Å². The number of anilines is 1. The molecule has 1 aliphatic rings. The Balaban J connectivity index is 0. The monoisotopic (exact) mass is 684 g/mol. The number of thioether (sulfide) groups is 1. The fraction of sp³-hybridized carbons (Fsp3) is 0.643. The Hall–Kier alpha value is 3.15. The molecule has 1 aliphatic heterocycles. The molecule has 6 unspecified atom stereocenters. The van der Waals surface area contributed by atoms with E-state index < -0.39 is 55.0 Å². The molecule has 18 nitrogen and oxygen atoms in total. The number of nitrogens with zero attached hydrogens (tertiary/aromatic N) is 4. The van der Waals surface area contributed by atoms with Crippen LogP contribution in [0.1, 0.15) is 26.0 Å². The number of unbranched alkanes of at least 4 members (excludes halogenated alkanes) is 1. The van der Waals surface area contributed by atoms with Gasteiger partial charge in [-0.1, -0.05) is 25.1 Å². The predicted octanol–water partition coefficient (Wildman–Crippen LogP) is -14.7. The number of phosphoric ester groups is 1. The number of phosphoric acid groups is 3. The van der Waals surface area contributed by atoms with Crippen molar-refractivity contribution >= 4 is 52.6 Å². The van der Waals surface area contributed by atoms with Crippen LogP contribution < -0.4 is 144 Å². The first-order valence-electron chi connectivity index (χ1n) is 10.00. The van der Waals surface area contributed by atoms with Gasteiger partial charge >= 0.3 is 134 Å². The Labute approximate surface area is 321 Å². The third-order valence-corrected chi connectivity index (χ3v) is 9.21. The molecule has 0 aliphatic carbocycles. The molecule has 26 heteroatoms. The second-order valence-corrected chi connectivity index (χ2v) is 12.6. The van der Waals surface area contributed by atoms with Gasteiger partial charge in [-0.3, -0.25) is 13.7 Å². The van der Waals surface area contributed by atoms with Crippen LogP contribution in [-0.4, -0.2) is 65.3 Å². The van der Waals surface area contributed by atoms with Crippen LogP contribution in [0.25, 0.3) is 11.2 Å². The quantitative estimate of drug-likeness (QED) is 0.0530. The summed E-state index contributed by atoms with van der Waals surface area (Å²) in [6, 6.07) is 0. The van der Waals surface area contributed by atoms with E-state index in [0.29, 0.717) is 5.16 Å². The van der Waals surface area contributed by atoms with E-state index in [1.165, 1.54) is 22.7 Å². The second kappa shape index (κ2) is 19.1. The van der Waals surface area contributed by atoms with Crippen molar-refractivity contribution in [3.63, 3.8) is 0 Å². The van der Waals surface area contributed by atoms with Crippen LogP contribution in [0.15, 0.2) is 11.5 Å². The normalized spacial score (nSPS) is 23.6. The molecule has 3 heterocycles. The van der Waals surface area contributed by atoms with E-state index in [2.05, 4.69) is 28.1 Å². The summed E-state index contributed by atoms with van der Waals surface area (Å²) in [6.07, 6.45) is -3.12. The first-order chi connectivity index (χ1) is 16.6. The molecule has 6 atom stereocenters. The topological polar surface area (TPSA) is 294 Å². The standard InChI is InChI=1S/C14H24N5O13P3S.4Na/c1-2-3-4-36-14-17-11(15)8-12(18-14)19(6-16-8)13-10(21)9(20)7(30-13)5-29-34(25,26)32-35(27,28)31-33(22,23)24;;;;/h6-7,9-10,13,20-21H,2-5H2,1H3,(H,25,26)(H,27,28)(H2,15,17,18)(H2,22,23,24);;;;/q;4*+1/p-3. The third kappa shape index (κ3) is 13.1. The Kier molecular flexibility index (Phi) is 21.6. The number of fused-ring (bicyclic) bond motifs is 1. The molecule has 0 saturated carbocycles. The van der Waals surface area contributed by atoms with Crippen LogP contribution in [0.5, 0.6) is 0 Å². The van der Waals surface area contributed by atoms with Gasteiger partial charge in [0.15, 0.2) is 22.8 Å².